The standard InChI is InChI=1S/C24H27FN4O5/c1-2-17-16(11-34-29-17)23(30)28-20(12-5-3-4-6-12)22-26-18-8-7-13(19(25)21(18)27-22)14-9-33-10-15(14)24(31)32/h7-8,11-12,14-15,20H,2-6,9-10H2,1H3,(H,26,27)(H,28,30)(H,31,32)/t14?,15?,20-/m0/s1. The highest BCUT2D eigenvalue weighted by Crippen LogP contribution is 2.38. The highest BCUT2D eigenvalue weighted by atomic mass is 19.1. The summed E-state index contributed by atoms with van der Waals surface area (Å²) in [7, 11) is 0. The third kappa shape index (κ3) is 3.96. The van der Waals surface area contributed by atoms with Gasteiger partial charge in [0.2, 0.25) is 0 Å². The highest BCUT2D eigenvalue weighted by Gasteiger charge is 2.38. The molecule has 9 nitrogen and oxygen atoms in total. The van der Waals surface area contributed by atoms with Crippen LogP contribution in [0.15, 0.2) is 22.9 Å². The summed E-state index contributed by atoms with van der Waals surface area (Å²) in [5.74, 6) is -2.58. The van der Waals surface area contributed by atoms with Crippen LogP contribution in [0.4, 0.5) is 4.39 Å². The molecule has 3 atom stereocenters. The number of aliphatic carboxylic acids is 1. The van der Waals surface area contributed by atoms with Crippen LogP contribution in [-0.4, -0.2) is 45.3 Å². The van der Waals surface area contributed by atoms with Crippen LogP contribution >= 0.6 is 0 Å². The summed E-state index contributed by atoms with van der Waals surface area (Å²) in [5, 5.41) is 16.4. The van der Waals surface area contributed by atoms with Crippen molar-refractivity contribution < 1.29 is 28.3 Å². The molecule has 0 spiro atoms. The fourth-order valence-electron chi connectivity index (χ4n) is 5.23. The lowest BCUT2D eigenvalue weighted by molar-refractivity contribution is -0.142. The van der Waals surface area contributed by atoms with Crippen LogP contribution in [0.5, 0.6) is 0 Å². The number of aromatic amines is 1. The molecular formula is C24H27FN4O5. The fraction of sp³-hybridized carbons (Fsp3) is 0.500. The van der Waals surface area contributed by atoms with Crippen molar-refractivity contribution in [3.63, 3.8) is 0 Å². The molecule has 1 aliphatic carbocycles. The molecule has 1 aromatic carbocycles. The Kier molecular flexibility index (Phi) is 6.07. The van der Waals surface area contributed by atoms with Gasteiger partial charge in [0.25, 0.3) is 5.91 Å². The van der Waals surface area contributed by atoms with Crippen molar-refractivity contribution in [1.82, 2.24) is 20.4 Å². The first-order chi connectivity index (χ1) is 16.5. The van der Waals surface area contributed by atoms with Gasteiger partial charge >= 0.3 is 5.97 Å². The number of nitrogens with one attached hydrogen (secondary N) is 2. The Morgan fingerprint density at radius 1 is 1.29 bits per heavy atom. The molecule has 2 aromatic heterocycles. The molecule has 3 N–H and O–H groups in total. The average molecular weight is 471 g/mol. The van der Waals surface area contributed by atoms with Gasteiger partial charge in [-0.2, -0.15) is 0 Å². The maximum absolute atomic E-state index is 15.6. The van der Waals surface area contributed by atoms with Gasteiger partial charge in [-0.05, 0) is 36.8 Å². The van der Waals surface area contributed by atoms with Crippen molar-refractivity contribution in [3.05, 3.63) is 46.9 Å². The summed E-state index contributed by atoms with van der Waals surface area (Å²) < 4.78 is 25.9. The molecule has 1 saturated heterocycles. The molecule has 34 heavy (non-hydrogen) atoms. The van der Waals surface area contributed by atoms with E-state index in [0.717, 1.165) is 25.7 Å². The first kappa shape index (κ1) is 22.5. The number of aromatic nitrogens is 3. The molecule has 3 aromatic rings. The van der Waals surface area contributed by atoms with Crippen LogP contribution in [0, 0.1) is 17.7 Å². The van der Waals surface area contributed by atoms with E-state index in [4.69, 9.17) is 9.26 Å². The number of hydrogen-bond acceptors (Lipinski definition) is 6. The number of halogens is 1. The van der Waals surface area contributed by atoms with Gasteiger partial charge in [0.15, 0.2) is 5.82 Å². The second-order valence-corrected chi connectivity index (χ2v) is 9.10. The van der Waals surface area contributed by atoms with E-state index in [9.17, 15) is 14.7 Å². The number of H-pyrrole nitrogens is 1. The second kappa shape index (κ2) is 9.17. The lowest BCUT2D eigenvalue weighted by Gasteiger charge is -2.22. The first-order valence-corrected chi connectivity index (χ1v) is 11.7. The van der Waals surface area contributed by atoms with Crippen LogP contribution in [-0.2, 0) is 16.0 Å². The van der Waals surface area contributed by atoms with Crippen LogP contribution in [0.1, 0.15) is 72.0 Å². The summed E-state index contributed by atoms with van der Waals surface area (Å²) >= 11 is 0. The van der Waals surface area contributed by atoms with E-state index in [1.807, 2.05) is 6.92 Å². The van der Waals surface area contributed by atoms with E-state index in [0.29, 0.717) is 29.0 Å². The average Bonchev–Trinajstić information content (AvgIpc) is 3.62. The number of amides is 1. The number of hydrogen-bond donors (Lipinski definition) is 3. The Balaban J connectivity index is 1.49. The van der Waals surface area contributed by atoms with E-state index in [-0.39, 0.29) is 36.1 Å². The summed E-state index contributed by atoms with van der Waals surface area (Å²) in [5.41, 5.74) is 1.89. The molecule has 5 rings (SSSR count). The Morgan fingerprint density at radius 3 is 2.82 bits per heavy atom. The smallest absolute Gasteiger partial charge is 0.309 e. The van der Waals surface area contributed by atoms with Crippen molar-refractivity contribution in [1.29, 1.82) is 0 Å². The zero-order valence-corrected chi connectivity index (χ0v) is 18.8. The van der Waals surface area contributed by atoms with Gasteiger partial charge in [0.05, 0.1) is 36.4 Å². The number of rotatable bonds is 7. The number of fused-ring (bicyclic) bond motifs is 1. The van der Waals surface area contributed by atoms with Crippen LogP contribution in [0.25, 0.3) is 11.0 Å². The normalized spacial score (nSPS) is 21.8. The maximum atomic E-state index is 15.6. The SMILES string of the molecule is CCc1nocc1C(=O)N[C@H](c1nc2c(F)c(C3COCC3C(=O)O)ccc2[nH]1)C1CCCC1. The quantitative estimate of drug-likeness (QED) is 0.480. The maximum Gasteiger partial charge on any atom is 0.309 e. The molecule has 1 saturated carbocycles. The first-order valence-electron chi connectivity index (χ1n) is 11.7. The van der Waals surface area contributed by atoms with Crippen molar-refractivity contribution in [2.75, 3.05) is 13.2 Å². The van der Waals surface area contributed by atoms with Crippen LogP contribution in [0.3, 0.4) is 0 Å². The van der Waals surface area contributed by atoms with E-state index >= 15 is 4.39 Å². The predicted molar refractivity (Wildman–Crippen MR) is 119 cm³/mol. The van der Waals surface area contributed by atoms with Crippen LogP contribution in [0.2, 0.25) is 0 Å². The monoisotopic (exact) mass is 470 g/mol. The Labute approximate surface area is 195 Å². The summed E-state index contributed by atoms with van der Waals surface area (Å²) in [6.45, 7) is 2.10. The fourth-order valence-corrected chi connectivity index (χ4v) is 5.23. The molecule has 2 fully saturated rings. The third-order valence-electron chi connectivity index (χ3n) is 7.11. The number of nitrogens with zero attached hydrogens (tertiary/aromatic N) is 2. The number of carboxylic acid groups (broad SMARTS) is 1. The molecule has 1 amide bonds. The topological polar surface area (TPSA) is 130 Å². The van der Waals surface area contributed by atoms with Gasteiger partial charge in [-0.1, -0.05) is 31.0 Å². The largest absolute Gasteiger partial charge is 0.481 e. The van der Waals surface area contributed by atoms with Gasteiger partial charge < -0.3 is 24.7 Å². The zero-order valence-electron chi connectivity index (χ0n) is 18.8. The van der Waals surface area contributed by atoms with Crippen LogP contribution < -0.4 is 5.32 Å². The highest BCUT2D eigenvalue weighted by molar-refractivity contribution is 5.95. The minimum Gasteiger partial charge on any atom is -0.481 e. The minimum absolute atomic E-state index is 0.0572. The summed E-state index contributed by atoms with van der Waals surface area (Å²) in [6.07, 6.45) is 5.88. The second-order valence-electron chi connectivity index (χ2n) is 9.10. The molecule has 3 heterocycles. The number of ether oxygens (including phenoxy) is 1. The minimum atomic E-state index is -1.01. The van der Waals surface area contributed by atoms with E-state index < -0.39 is 29.7 Å². The Hall–Kier alpha value is -3.27. The molecule has 0 radical (unpaired) electrons. The summed E-state index contributed by atoms with van der Waals surface area (Å²) in [6, 6.07) is 2.89. The number of carbonyl (C=O) groups is 2. The van der Waals surface area contributed by atoms with Crippen molar-refractivity contribution in [2.24, 2.45) is 11.8 Å². The molecule has 180 valence electrons. The van der Waals surface area contributed by atoms with Gasteiger partial charge in [-0.3, -0.25) is 9.59 Å². The molecular weight excluding hydrogens is 443 g/mol. The molecule has 1 aliphatic heterocycles. The number of carboxylic acids is 1. The van der Waals surface area contributed by atoms with Gasteiger partial charge in [-0.25, -0.2) is 9.37 Å². The number of aryl methyl sites for hydroxylation is 1. The van der Waals surface area contributed by atoms with E-state index in [1.165, 1.54) is 6.26 Å². The third-order valence-corrected chi connectivity index (χ3v) is 7.11. The molecule has 2 aliphatic rings. The Bertz CT molecular complexity index is 1220. The number of carbonyl (C=O) groups excluding carboxylic acids is 1. The predicted octanol–water partition coefficient (Wildman–Crippen LogP) is 3.73. The molecule has 2 unspecified atom stereocenters. The van der Waals surface area contributed by atoms with Gasteiger partial charge in [0.1, 0.15) is 23.2 Å². The lowest BCUT2D eigenvalue weighted by atomic mass is 9.88. The Morgan fingerprint density at radius 2 is 2.09 bits per heavy atom. The van der Waals surface area contributed by atoms with Gasteiger partial charge in [0, 0.05) is 5.92 Å². The summed E-state index contributed by atoms with van der Waals surface area (Å²) in [4.78, 5) is 32.4. The van der Waals surface area contributed by atoms with E-state index in [1.54, 1.807) is 12.1 Å². The number of benzene rings is 1. The van der Waals surface area contributed by atoms with Gasteiger partial charge in [-0.15, -0.1) is 0 Å². The van der Waals surface area contributed by atoms with Crippen molar-refractivity contribution in [2.45, 2.75) is 51.0 Å². The van der Waals surface area contributed by atoms with Crippen molar-refractivity contribution >= 4 is 22.9 Å². The molecule has 10 heteroatoms. The van der Waals surface area contributed by atoms with Crippen molar-refractivity contribution in [3.8, 4) is 0 Å². The molecule has 0 bridgehead atoms. The van der Waals surface area contributed by atoms with E-state index in [2.05, 4.69) is 20.4 Å². The lowest BCUT2D eigenvalue weighted by Crippen LogP contribution is -2.33. The zero-order chi connectivity index (χ0) is 23.8. The number of imidazole rings is 1.